The molecule has 7 nitrogen and oxygen atoms in total. The van der Waals surface area contributed by atoms with Crippen LogP contribution in [0.2, 0.25) is 0 Å². The number of rotatable bonds is 7. The molecule has 0 bridgehead atoms. The molecule has 0 unspecified atom stereocenters. The van der Waals surface area contributed by atoms with E-state index in [0.29, 0.717) is 0 Å². The standard InChI is InChI=1S/C8H10F3N3O4S2/c9-8(10,11)19-2-1-13-20(17,18)6-3-12-14(4-6)5-7(15)16/h3-4,13H,1-2,5H2,(H,15,16). The van der Waals surface area contributed by atoms with Crippen molar-refractivity contribution >= 4 is 27.8 Å². The summed E-state index contributed by atoms with van der Waals surface area (Å²) in [5.74, 6) is -1.67. The third-order valence-electron chi connectivity index (χ3n) is 1.88. The van der Waals surface area contributed by atoms with E-state index < -0.39 is 40.3 Å². The third-order valence-corrected chi connectivity index (χ3v) is 4.03. The molecule has 1 aromatic heterocycles. The average Bonchev–Trinajstić information content (AvgIpc) is 2.71. The van der Waals surface area contributed by atoms with Gasteiger partial charge in [-0.25, -0.2) is 13.1 Å². The van der Waals surface area contributed by atoms with E-state index >= 15 is 0 Å². The zero-order valence-corrected chi connectivity index (χ0v) is 11.4. The molecule has 1 aromatic rings. The zero-order chi connectivity index (χ0) is 15.4. The van der Waals surface area contributed by atoms with Gasteiger partial charge in [-0.1, -0.05) is 0 Å². The zero-order valence-electron chi connectivity index (χ0n) is 9.79. The van der Waals surface area contributed by atoms with E-state index in [-0.39, 0.29) is 16.7 Å². The van der Waals surface area contributed by atoms with Gasteiger partial charge in [0.05, 0.1) is 6.20 Å². The predicted octanol–water partition coefficient (Wildman–Crippen LogP) is 0.499. The second-order valence-electron chi connectivity index (χ2n) is 3.46. The summed E-state index contributed by atoms with van der Waals surface area (Å²) >= 11 is -0.342. The SMILES string of the molecule is O=C(O)Cn1cc(S(=O)(=O)NCCSC(F)(F)F)cn1. The van der Waals surface area contributed by atoms with E-state index in [0.717, 1.165) is 17.1 Å². The Morgan fingerprint density at radius 3 is 2.70 bits per heavy atom. The number of nitrogens with zero attached hydrogens (tertiary/aromatic N) is 2. The van der Waals surface area contributed by atoms with Gasteiger partial charge in [0.25, 0.3) is 0 Å². The van der Waals surface area contributed by atoms with Crippen LogP contribution in [0.1, 0.15) is 0 Å². The minimum absolute atomic E-state index is 0.309. The Labute approximate surface area is 116 Å². The van der Waals surface area contributed by atoms with E-state index in [1.807, 2.05) is 4.72 Å². The number of carboxylic acid groups (broad SMARTS) is 1. The number of aliphatic carboxylic acids is 1. The number of carbonyl (C=O) groups is 1. The molecule has 0 saturated carbocycles. The Bertz CT molecular complexity index is 570. The molecular formula is C8H10F3N3O4S2. The number of nitrogens with one attached hydrogen (secondary N) is 1. The molecular weight excluding hydrogens is 323 g/mol. The third kappa shape index (κ3) is 5.79. The highest BCUT2D eigenvalue weighted by atomic mass is 32.2. The van der Waals surface area contributed by atoms with Gasteiger partial charge >= 0.3 is 11.5 Å². The summed E-state index contributed by atoms with van der Waals surface area (Å²) in [6.45, 7) is -0.921. The molecule has 1 heterocycles. The van der Waals surface area contributed by atoms with Crippen molar-refractivity contribution in [3.05, 3.63) is 12.4 Å². The summed E-state index contributed by atoms with van der Waals surface area (Å²) in [5, 5.41) is 12.0. The molecule has 0 fully saturated rings. The predicted molar refractivity (Wildman–Crippen MR) is 63.6 cm³/mol. The lowest BCUT2D eigenvalue weighted by Crippen LogP contribution is -2.26. The van der Waals surface area contributed by atoms with Gasteiger partial charge in [-0.3, -0.25) is 9.48 Å². The Hall–Kier alpha value is -1.27. The van der Waals surface area contributed by atoms with E-state index in [2.05, 4.69) is 5.10 Å². The van der Waals surface area contributed by atoms with Crippen LogP contribution in [0.5, 0.6) is 0 Å². The molecule has 1 rings (SSSR count). The second kappa shape index (κ2) is 6.45. The first-order valence-corrected chi connectivity index (χ1v) is 7.51. The number of carboxylic acids is 1. The molecule has 0 aromatic carbocycles. The van der Waals surface area contributed by atoms with Crippen LogP contribution < -0.4 is 4.72 Å². The fraction of sp³-hybridized carbons (Fsp3) is 0.500. The maximum Gasteiger partial charge on any atom is 0.441 e. The summed E-state index contributed by atoms with van der Waals surface area (Å²) in [7, 11) is -4.00. The summed E-state index contributed by atoms with van der Waals surface area (Å²) in [5.41, 5.74) is -4.42. The molecule has 114 valence electrons. The first kappa shape index (κ1) is 16.8. The summed E-state index contributed by atoms with van der Waals surface area (Å²) in [6.07, 6.45) is 1.90. The first-order chi connectivity index (χ1) is 9.10. The van der Waals surface area contributed by atoms with Gasteiger partial charge < -0.3 is 5.11 Å². The smallest absolute Gasteiger partial charge is 0.441 e. The van der Waals surface area contributed by atoms with E-state index in [4.69, 9.17) is 5.11 Å². The van der Waals surface area contributed by atoms with Crippen molar-refractivity contribution in [1.82, 2.24) is 14.5 Å². The minimum atomic E-state index is -4.42. The molecule has 0 spiro atoms. The molecule has 0 atom stereocenters. The quantitative estimate of drug-likeness (QED) is 0.705. The lowest BCUT2D eigenvalue weighted by atomic mass is 10.6. The lowest BCUT2D eigenvalue weighted by Gasteiger charge is -2.06. The van der Waals surface area contributed by atoms with Crippen LogP contribution in [0.3, 0.4) is 0 Å². The van der Waals surface area contributed by atoms with Gasteiger partial charge in [-0.2, -0.15) is 18.3 Å². The molecule has 0 saturated heterocycles. The van der Waals surface area contributed by atoms with Crippen molar-refractivity contribution < 1.29 is 31.5 Å². The monoisotopic (exact) mass is 333 g/mol. The highest BCUT2D eigenvalue weighted by molar-refractivity contribution is 8.00. The molecule has 0 aliphatic heterocycles. The van der Waals surface area contributed by atoms with Gasteiger partial charge in [0, 0.05) is 18.5 Å². The number of halogens is 3. The van der Waals surface area contributed by atoms with Gasteiger partial charge in [0.2, 0.25) is 10.0 Å². The molecule has 0 aliphatic rings. The molecule has 20 heavy (non-hydrogen) atoms. The highest BCUT2D eigenvalue weighted by Crippen LogP contribution is 2.29. The van der Waals surface area contributed by atoms with Gasteiger partial charge in [-0.05, 0) is 11.8 Å². The molecule has 2 N–H and O–H groups in total. The Morgan fingerprint density at radius 1 is 1.50 bits per heavy atom. The Kier molecular flexibility index (Phi) is 5.42. The van der Waals surface area contributed by atoms with Crippen LogP contribution >= 0.6 is 11.8 Å². The van der Waals surface area contributed by atoms with Crippen molar-refractivity contribution in [3.63, 3.8) is 0 Å². The molecule has 12 heteroatoms. The average molecular weight is 333 g/mol. The van der Waals surface area contributed by atoms with Crippen molar-refractivity contribution in [1.29, 1.82) is 0 Å². The highest BCUT2D eigenvalue weighted by Gasteiger charge is 2.27. The molecule has 0 radical (unpaired) electrons. The van der Waals surface area contributed by atoms with Crippen LogP contribution in [-0.4, -0.2) is 47.1 Å². The van der Waals surface area contributed by atoms with Crippen molar-refractivity contribution in [2.75, 3.05) is 12.3 Å². The minimum Gasteiger partial charge on any atom is -0.480 e. The Morgan fingerprint density at radius 2 is 2.15 bits per heavy atom. The van der Waals surface area contributed by atoms with Gasteiger partial charge in [-0.15, -0.1) is 0 Å². The topological polar surface area (TPSA) is 101 Å². The lowest BCUT2D eigenvalue weighted by molar-refractivity contribution is -0.137. The number of sulfonamides is 1. The second-order valence-corrected chi connectivity index (χ2v) is 6.39. The van der Waals surface area contributed by atoms with Gasteiger partial charge in [0.15, 0.2) is 0 Å². The number of aromatic nitrogens is 2. The van der Waals surface area contributed by atoms with Crippen LogP contribution in [0.25, 0.3) is 0 Å². The summed E-state index contributed by atoms with van der Waals surface area (Å²) < 4.78 is 61.7. The van der Waals surface area contributed by atoms with E-state index in [1.54, 1.807) is 0 Å². The van der Waals surface area contributed by atoms with E-state index in [9.17, 15) is 26.4 Å². The van der Waals surface area contributed by atoms with Crippen LogP contribution in [0.15, 0.2) is 17.3 Å². The molecule has 0 aliphatic carbocycles. The van der Waals surface area contributed by atoms with Crippen LogP contribution in [0, 0.1) is 0 Å². The van der Waals surface area contributed by atoms with Crippen molar-refractivity contribution in [3.8, 4) is 0 Å². The first-order valence-electron chi connectivity index (χ1n) is 5.05. The Balaban J connectivity index is 2.56. The maximum atomic E-state index is 11.8. The normalized spacial score (nSPS) is 12.6. The van der Waals surface area contributed by atoms with Crippen molar-refractivity contribution in [2.24, 2.45) is 0 Å². The number of hydrogen-bond acceptors (Lipinski definition) is 5. The number of hydrogen-bond donors (Lipinski definition) is 2. The fourth-order valence-electron chi connectivity index (χ4n) is 1.13. The van der Waals surface area contributed by atoms with Crippen molar-refractivity contribution in [2.45, 2.75) is 16.9 Å². The van der Waals surface area contributed by atoms with Crippen LogP contribution in [0.4, 0.5) is 13.2 Å². The van der Waals surface area contributed by atoms with E-state index in [1.165, 1.54) is 0 Å². The summed E-state index contributed by atoms with van der Waals surface area (Å²) in [4.78, 5) is 10.1. The van der Waals surface area contributed by atoms with Crippen LogP contribution in [-0.2, 0) is 21.4 Å². The maximum absolute atomic E-state index is 11.8. The number of alkyl halides is 3. The molecule has 0 amide bonds. The van der Waals surface area contributed by atoms with Gasteiger partial charge in [0.1, 0.15) is 11.4 Å². The summed E-state index contributed by atoms with van der Waals surface area (Å²) in [6, 6.07) is 0. The largest absolute Gasteiger partial charge is 0.480 e. The number of thioether (sulfide) groups is 1. The fourth-order valence-corrected chi connectivity index (χ4v) is 2.68.